The fraction of sp³-hybridized carbons (Fsp3) is 0.703. The van der Waals surface area contributed by atoms with E-state index >= 15 is 0 Å². The SMILES string of the molecule is C/C(=C/C[C@H](O)/C(C)=C/c1csc(COC(=O)OCC(Cl)(Cl)Cl)n1)CCC[C@H](C)[C@H](OC(=O)OCC(Cl)(Cl)Cl)[C@@H](C)C(=O)C(C)(C)[C@@H](O)CC(=O)OC(C)(C)C. The fourth-order valence-corrected chi connectivity index (χ4v) is 6.24. The average Bonchev–Trinajstić information content (AvgIpc) is 3.51. The quantitative estimate of drug-likeness (QED) is 0.0550. The Morgan fingerprint density at radius 2 is 1.46 bits per heavy atom. The number of esters is 1. The van der Waals surface area contributed by atoms with Crippen LogP contribution in [0.1, 0.15) is 105 Å². The molecule has 1 rings (SSSR count). The molecule has 0 saturated carbocycles. The highest BCUT2D eigenvalue weighted by atomic mass is 35.6. The van der Waals surface area contributed by atoms with Crippen LogP contribution >= 0.6 is 80.9 Å². The first kappa shape index (κ1) is 52.5. The molecule has 0 bridgehead atoms. The lowest BCUT2D eigenvalue weighted by molar-refractivity contribution is -0.160. The number of aromatic nitrogens is 1. The first-order chi connectivity index (χ1) is 25.5. The molecule has 0 aliphatic rings. The van der Waals surface area contributed by atoms with Crippen LogP contribution in [-0.2, 0) is 39.9 Å². The van der Waals surface area contributed by atoms with Crippen LogP contribution in [0.2, 0.25) is 0 Å². The molecule has 56 heavy (non-hydrogen) atoms. The summed E-state index contributed by atoms with van der Waals surface area (Å²) in [5.74, 6) is -2.38. The molecule has 2 N–H and O–H groups in total. The third kappa shape index (κ3) is 21.5. The van der Waals surface area contributed by atoms with Crippen LogP contribution in [0.3, 0.4) is 0 Å². The van der Waals surface area contributed by atoms with Crippen LogP contribution in [-0.4, -0.2) is 84.0 Å². The van der Waals surface area contributed by atoms with E-state index < -0.39 is 86.5 Å². The fourth-order valence-electron chi connectivity index (χ4n) is 5.25. The Hall–Kier alpha value is -1.55. The molecule has 1 aromatic heterocycles. The number of halogens is 6. The largest absolute Gasteiger partial charge is 0.508 e. The minimum absolute atomic E-state index is 0.140. The Balaban J connectivity index is 2.90. The Morgan fingerprint density at radius 1 is 0.893 bits per heavy atom. The van der Waals surface area contributed by atoms with E-state index in [0.29, 0.717) is 42.0 Å². The lowest BCUT2D eigenvalue weighted by Gasteiger charge is -2.36. The maximum atomic E-state index is 13.8. The second-order valence-corrected chi connectivity index (χ2v) is 21.1. The van der Waals surface area contributed by atoms with Crippen molar-refractivity contribution in [1.29, 1.82) is 0 Å². The van der Waals surface area contributed by atoms with E-state index in [1.807, 2.05) is 19.9 Å². The predicted molar refractivity (Wildman–Crippen MR) is 221 cm³/mol. The van der Waals surface area contributed by atoms with Gasteiger partial charge in [0.05, 0.1) is 35.7 Å². The number of hydrogen-bond donors (Lipinski definition) is 2. The van der Waals surface area contributed by atoms with Crippen LogP contribution in [0.25, 0.3) is 6.08 Å². The molecule has 0 aromatic carbocycles. The molecular formula is C37H53Cl6NO11S. The van der Waals surface area contributed by atoms with Crippen molar-refractivity contribution in [1.82, 2.24) is 4.98 Å². The molecule has 0 unspecified atom stereocenters. The van der Waals surface area contributed by atoms with Gasteiger partial charge >= 0.3 is 18.3 Å². The summed E-state index contributed by atoms with van der Waals surface area (Å²) in [5, 5.41) is 24.0. The molecule has 0 aliphatic heterocycles. The molecule has 12 nitrogen and oxygen atoms in total. The summed E-state index contributed by atoms with van der Waals surface area (Å²) >= 11 is 35.1. The van der Waals surface area contributed by atoms with E-state index in [-0.39, 0.29) is 12.5 Å². The number of aliphatic hydroxyl groups excluding tert-OH is 2. The number of hydrogen-bond acceptors (Lipinski definition) is 13. The number of aliphatic hydroxyl groups is 2. The highest BCUT2D eigenvalue weighted by molar-refractivity contribution is 7.09. The van der Waals surface area contributed by atoms with Crippen molar-refractivity contribution in [2.75, 3.05) is 13.2 Å². The van der Waals surface area contributed by atoms with Crippen molar-refractivity contribution in [3.05, 3.63) is 33.3 Å². The number of ether oxygens (including phenoxy) is 5. The van der Waals surface area contributed by atoms with E-state index in [9.17, 15) is 29.4 Å². The zero-order chi connectivity index (χ0) is 43.2. The van der Waals surface area contributed by atoms with Crippen LogP contribution in [0, 0.1) is 17.3 Å². The van der Waals surface area contributed by atoms with Gasteiger partial charge in [0, 0.05) is 5.38 Å². The van der Waals surface area contributed by atoms with Crippen molar-refractivity contribution in [2.45, 2.75) is 133 Å². The van der Waals surface area contributed by atoms with Crippen molar-refractivity contribution >= 4 is 111 Å². The molecule has 0 amide bonds. The molecule has 0 fully saturated rings. The van der Waals surface area contributed by atoms with Crippen molar-refractivity contribution < 1.29 is 53.1 Å². The minimum Gasteiger partial charge on any atom is -0.460 e. The van der Waals surface area contributed by atoms with E-state index in [1.165, 1.54) is 25.2 Å². The molecule has 320 valence electrons. The number of allylic oxidation sites excluding steroid dienone is 1. The highest BCUT2D eigenvalue weighted by Crippen LogP contribution is 2.34. The topological polar surface area (TPSA) is 168 Å². The zero-order valence-corrected chi connectivity index (χ0v) is 38.3. The molecule has 0 aliphatic carbocycles. The second kappa shape index (κ2) is 23.3. The average molecular weight is 933 g/mol. The van der Waals surface area contributed by atoms with E-state index in [1.54, 1.807) is 46.1 Å². The van der Waals surface area contributed by atoms with Crippen LogP contribution in [0.4, 0.5) is 9.59 Å². The summed E-state index contributed by atoms with van der Waals surface area (Å²) in [4.78, 5) is 55.0. The number of Topliss-reactive ketones (excluding diaryl/α,β-unsaturated/α-hetero) is 1. The lowest BCUT2D eigenvalue weighted by Crippen LogP contribution is -2.47. The summed E-state index contributed by atoms with van der Waals surface area (Å²) in [6, 6.07) is 0. The van der Waals surface area contributed by atoms with Gasteiger partial charge in [-0.05, 0) is 77.9 Å². The Kier molecular flexibility index (Phi) is 21.8. The monoisotopic (exact) mass is 929 g/mol. The summed E-state index contributed by atoms with van der Waals surface area (Å²) in [5.41, 5.74) is 0.0743. The Labute approximate surface area is 363 Å². The second-order valence-electron chi connectivity index (χ2n) is 15.1. The van der Waals surface area contributed by atoms with E-state index in [0.717, 1.165) is 5.57 Å². The van der Waals surface area contributed by atoms with Gasteiger partial charge in [-0.2, -0.15) is 0 Å². The minimum atomic E-state index is -1.88. The van der Waals surface area contributed by atoms with Gasteiger partial charge in [-0.3, -0.25) is 9.59 Å². The van der Waals surface area contributed by atoms with Gasteiger partial charge in [0.1, 0.15) is 42.3 Å². The molecule has 0 saturated heterocycles. The van der Waals surface area contributed by atoms with Crippen molar-refractivity contribution in [3.63, 3.8) is 0 Å². The third-order valence-corrected chi connectivity index (χ3v) is 9.85. The van der Waals surface area contributed by atoms with Gasteiger partial charge in [-0.1, -0.05) is 109 Å². The number of thiazole rings is 1. The third-order valence-electron chi connectivity index (χ3n) is 8.36. The Morgan fingerprint density at radius 3 is 2.02 bits per heavy atom. The maximum Gasteiger partial charge on any atom is 0.508 e. The van der Waals surface area contributed by atoms with Crippen LogP contribution in [0.5, 0.6) is 0 Å². The smallest absolute Gasteiger partial charge is 0.460 e. The molecule has 1 heterocycles. The van der Waals surface area contributed by atoms with E-state index in [4.69, 9.17) is 93.3 Å². The number of ketones is 1. The van der Waals surface area contributed by atoms with Gasteiger partial charge in [0.15, 0.2) is 0 Å². The highest BCUT2D eigenvalue weighted by Gasteiger charge is 2.44. The van der Waals surface area contributed by atoms with Crippen LogP contribution < -0.4 is 0 Å². The van der Waals surface area contributed by atoms with Gasteiger partial charge in [-0.15, -0.1) is 11.3 Å². The number of rotatable bonds is 20. The number of carbonyl (C=O) groups is 4. The van der Waals surface area contributed by atoms with Gasteiger partial charge in [-0.25, -0.2) is 14.6 Å². The van der Waals surface area contributed by atoms with Gasteiger partial charge in [0.25, 0.3) is 0 Å². The Bertz CT molecular complexity index is 1510. The molecule has 0 spiro atoms. The molecule has 0 radical (unpaired) electrons. The molecule has 1 aromatic rings. The first-order valence-corrected chi connectivity index (χ1v) is 20.8. The lowest BCUT2D eigenvalue weighted by atomic mass is 9.73. The maximum absolute atomic E-state index is 13.8. The van der Waals surface area contributed by atoms with E-state index in [2.05, 4.69) is 4.98 Å². The van der Waals surface area contributed by atoms with Gasteiger partial charge in [0.2, 0.25) is 7.59 Å². The number of carbonyl (C=O) groups excluding carboxylic acids is 4. The predicted octanol–water partition coefficient (Wildman–Crippen LogP) is 10.3. The normalized spacial score (nSPS) is 15.9. The number of alkyl halides is 6. The first-order valence-electron chi connectivity index (χ1n) is 17.7. The molecule has 19 heteroatoms. The molecular weight excluding hydrogens is 879 g/mol. The number of nitrogens with zero attached hydrogens (tertiary/aromatic N) is 1. The van der Waals surface area contributed by atoms with Crippen molar-refractivity contribution in [3.8, 4) is 0 Å². The van der Waals surface area contributed by atoms with Crippen molar-refractivity contribution in [2.24, 2.45) is 17.3 Å². The summed E-state index contributed by atoms with van der Waals surface area (Å²) in [6.45, 7) is 14.1. The van der Waals surface area contributed by atoms with Gasteiger partial charge < -0.3 is 33.9 Å². The summed E-state index contributed by atoms with van der Waals surface area (Å²) in [7, 11) is 0. The summed E-state index contributed by atoms with van der Waals surface area (Å²) in [6.07, 6.45) is 0.112. The zero-order valence-electron chi connectivity index (χ0n) is 33.0. The summed E-state index contributed by atoms with van der Waals surface area (Å²) < 4.78 is 22.0. The standard InChI is InChI=1S/C37H53Cl6NO11S/c1-21(13-14-26(45)23(3)15-25-18-56-28(44-25)17-51-32(49)52-19-36(38,39)40)11-10-12-22(2)30(54-33(50)53-20-37(41,42)43)24(4)31(48)35(8,9)27(46)16-29(47)55-34(5,6)7/h13,15,18,22,24,26-27,30,45-46H,10-12,14,16-17,19-20H2,1-9H3/b21-13-,23-15+/t22-,24+,26-,27-,30-/m0/s1. The molecule has 5 atom stereocenters. The van der Waals surface area contributed by atoms with Crippen LogP contribution in [0.15, 0.2) is 22.6 Å².